The van der Waals surface area contributed by atoms with Crippen molar-refractivity contribution in [2.24, 2.45) is 11.5 Å². The Kier molecular flexibility index (Phi) is 23.2. The number of piperazine rings is 2. The van der Waals surface area contributed by atoms with Crippen LogP contribution in [0.2, 0.25) is 0 Å². The second kappa shape index (κ2) is 28.7. The fourth-order valence-corrected chi connectivity index (χ4v) is 7.39. The number of unbranched alkanes of at least 4 members (excludes halogenated alkanes) is 2. The number of aliphatic hydroxyl groups excluding tert-OH is 1. The van der Waals surface area contributed by atoms with E-state index in [0.29, 0.717) is 148 Å². The summed E-state index contributed by atoms with van der Waals surface area (Å²) in [6.07, 6.45) is 12.1. The van der Waals surface area contributed by atoms with Crippen LogP contribution in [0.25, 0.3) is 0 Å². The summed E-state index contributed by atoms with van der Waals surface area (Å²) in [5, 5.41) is 39.9. The predicted octanol–water partition coefficient (Wildman–Crippen LogP) is -0.840. The lowest BCUT2D eigenvalue weighted by molar-refractivity contribution is -0.139. The molecule has 0 radical (unpaired) electrons. The molecule has 3 atom stereocenters. The van der Waals surface area contributed by atoms with Gasteiger partial charge in [-0.2, -0.15) is 15.0 Å². The van der Waals surface area contributed by atoms with Gasteiger partial charge in [-0.15, -0.1) is 29.0 Å². The number of hydrogen-bond acceptors (Lipinski definition) is 19. The number of carbonyl (C=O) groups is 3. The van der Waals surface area contributed by atoms with Crippen molar-refractivity contribution < 1.29 is 38.8 Å². The van der Waals surface area contributed by atoms with Crippen molar-refractivity contribution in [2.45, 2.75) is 76.5 Å². The molecule has 25 heteroatoms. The van der Waals surface area contributed by atoms with Gasteiger partial charge >= 0.3 is 5.97 Å². The molecule has 3 aromatic rings. The summed E-state index contributed by atoms with van der Waals surface area (Å²) in [4.78, 5) is 61.0. The smallest absolute Gasteiger partial charge is 0.303 e. The molecule has 0 saturated carbocycles. The van der Waals surface area contributed by atoms with E-state index in [-0.39, 0.29) is 43.7 Å². The van der Waals surface area contributed by atoms with Crippen LogP contribution in [0.15, 0.2) is 12.4 Å². The van der Waals surface area contributed by atoms with Gasteiger partial charge in [0.25, 0.3) is 0 Å². The normalized spacial score (nSPS) is 15.5. The van der Waals surface area contributed by atoms with Crippen LogP contribution in [-0.4, -0.2) is 200 Å². The van der Waals surface area contributed by atoms with E-state index in [0.717, 1.165) is 25.0 Å². The van der Waals surface area contributed by atoms with Gasteiger partial charge in [-0.05, 0) is 58.5 Å². The maximum absolute atomic E-state index is 14.0. The molecular weight excluding hydrogens is 880 g/mol. The summed E-state index contributed by atoms with van der Waals surface area (Å²) in [5.74, 6) is 2.34. The molecule has 66 heavy (non-hydrogen) atoms. The second-order valence-corrected chi connectivity index (χ2v) is 15.8. The first-order valence-electron chi connectivity index (χ1n) is 22.5. The highest BCUT2D eigenvalue weighted by Crippen LogP contribution is 2.24. The number of carbonyl (C=O) groups excluding carboxylic acids is 2. The summed E-state index contributed by atoms with van der Waals surface area (Å²) in [6, 6.07) is -1.54. The third-order valence-corrected chi connectivity index (χ3v) is 10.9. The fourth-order valence-electron chi connectivity index (χ4n) is 7.39. The Morgan fingerprint density at radius 3 is 1.89 bits per heavy atom. The lowest BCUT2D eigenvalue weighted by atomic mass is 10.1. The van der Waals surface area contributed by atoms with Crippen molar-refractivity contribution in [3.63, 3.8) is 0 Å². The minimum atomic E-state index is -1.00. The number of amides is 2. The number of anilines is 3. The average Bonchev–Trinajstić information content (AvgIpc) is 3.99. The number of aryl methyl sites for hydroxylation is 2. The van der Waals surface area contributed by atoms with E-state index in [9.17, 15) is 19.5 Å². The van der Waals surface area contributed by atoms with Gasteiger partial charge in [0.1, 0.15) is 12.6 Å². The number of aliphatic hydroxyl groups is 1. The Balaban J connectivity index is 0.00000952. The van der Waals surface area contributed by atoms with Gasteiger partial charge in [-0.3, -0.25) is 14.4 Å². The zero-order valence-electron chi connectivity index (χ0n) is 37.9. The monoisotopic (exact) mass is 947 g/mol. The molecule has 0 unspecified atom stereocenters. The Morgan fingerprint density at radius 1 is 0.758 bits per heavy atom. The number of aromatic nitrogens is 9. The van der Waals surface area contributed by atoms with Gasteiger partial charge in [0.2, 0.25) is 29.7 Å². The first-order valence-corrected chi connectivity index (χ1v) is 22.5. The van der Waals surface area contributed by atoms with Crippen molar-refractivity contribution in [3.8, 4) is 12.3 Å². The quantitative estimate of drug-likeness (QED) is 0.0419. The minimum absolute atomic E-state index is 0. The topological polar surface area (TPSA) is 296 Å². The Labute approximate surface area is 391 Å². The molecule has 2 fully saturated rings. The van der Waals surface area contributed by atoms with Crippen LogP contribution in [0.4, 0.5) is 17.8 Å². The SMILES string of the molecule is C#CCOCCOCCOCCNc1nc(N2CCN(C(=O)[C@H]([C@@H](C)O)n3cc(CCCCN)nn3)CC2)nc(N2CCN(C(=O)[C@H](CCCCN)n3cc(CCC(=O)O)nn3)CC2)n1.Cl. The van der Waals surface area contributed by atoms with Gasteiger partial charge in [-0.25, -0.2) is 9.36 Å². The Morgan fingerprint density at radius 2 is 1.30 bits per heavy atom. The lowest BCUT2D eigenvalue weighted by Crippen LogP contribution is -2.53. The number of rotatable bonds is 29. The van der Waals surface area contributed by atoms with Crippen LogP contribution in [0.1, 0.15) is 68.9 Å². The molecular formula is C41H67ClN16O8. The molecule has 2 amide bonds. The summed E-state index contributed by atoms with van der Waals surface area (Å²) >= 11 is 0. The number of ether oxygens (including phenoxy) is 3. The summed E-state index contributed by atoms with van der Waals surface area (Å²) in [7, 11) is 0. The maximum atomic E-state index is 14.0. The van der Waals surface area contributed by atoms with Gasteiger partial charge in [0.15, 0.2) is 6.04 Å². The Hall–Kier alpha value is -5.29. The molecule has 2 aliphatic rings. The third-order valence-electron chi connectivity index (χ3n) is 10.9. The number of carboxylic acid groups (broad SMARTS) is 1. The van der Waals surface area contributed by atoms with E-state index in [4.69, 9.17) is 52.2 Å². The minimum Gasteiger partial charge on any atom is -0.481 e. The summed E-state index contributed by atoms with van der Waals surface area (Å²) in [6.45, 7) is 8.52. The third kappa shape index (κ3) is 16.5. The number of hydrogen-bond donors (Lipinski definition) is 5. The first-order chi connectivity index (χ1) is 31.6. The second-order valence-electron chi connectivity index (χ2n) is 15.8. The molecule has 366 valence electrons. The largest absolute Gasteiger partial charge is 0.481 e. The van der Waals surface area contributed by atoms with E-state index in [1.807, 2.05) is 9.80 Å². The van der Waals surface area contributed by atoms with Crippen molar-refractivity contribution in [3.05, 3.63) is 23.8 Å². The van der Waals surface area contributed by atoms with Gasteiger partial charge in [0, 0.05) is 77.7 Å². The molecule has 0 aliphatic carbocycles. The number of carboxylic acids is 1. The van der Waals surface area contributed by atoms with Crippen LogP contribution >= 0.6 is 12.4 Å². The van der Waals surface area contributed by atoms with E-state index in [1.54, 1.807) is 33.8 Å². The predicted molar refractivity (Wildman–Crippen MR) is 245 cm³/mol. The Bertz CT molecular complexity index is 1950. The van der Waals surface area contributed by atoms with Gasteiger partial charge < -0.3 is 60.8 Å². The first kappa shape index (κ1) is 53.3. The highest BCUT2D eigenvalue weighted by Gasteiger charge is 2.35. The number of nitrogens with zero attached hydrogens (tertiary/aromatic N) is 13. The number of aliphatic carboxylic acids is 1. The van der Waals surface area contributed by atoms with Crippen molar-refractivity contribution in [2.75, 3.05) is 127 Å². The molecule has 5 heterocycles. The van der Waals surface area contributed by atoms with Crippen LogP contribution in [-0.2, 0) is 41.4 Å². The summed E-state index contributed by atoms with van der Waals surface area (Å²) in [5.41, 5.74) is 12.6. The number of nitrogens with one attached hydrogen (secondary N) is 1. The van der Waals surface area contributed by atoms with Gasteiger partial charge in [-0.1, -0.05) is 16.3 Å². The van der Waals surface area contributed by atoms with Gasteiger partial charge in [0.05, 0.1) is 56.9 Å². The number of nitrogens with two attached hydrogens (primary N) is 2. The van der Waals surface area contributed by atoms with Crippen LogP contribution in [0.3, 0.4) is 0 Å². The van der Waals surface area contributed by atoms with E-state index >= 15 is 0 Å². The van der Waals surface area contributed by atoms with Crippen molar-refractivity contribution in [1.82, 2.24) is 54.7 Å². The summed E-state index contributed by atoms with van der Waals surface area (Å²) < 4.78 is 19.5. The molecule has 7 N–H and O–H groups in total. The van der Waals surface area contributed by atoms with Crippen molar-refractivity contribution in [1.29, 1.82) is 0 Å². The molecule has 2 saturated heterocycles. The molecule has 2 aliphatic heterocycles. The highest BCUT2D eigenvalue weighted by molar-refractivity contribution is 5.85. The fraction of sp³-hybridized carbons (Fsp3) is 0.707. The molecule has 0 bridgehead atoms. The van der Waals surface area contributed by atoms with E-state index < -0.39 is 24.2 Å². The molecule has 0 spiro atoms. The maximum Gasteiger partial charge on any atom is 0.303 e. The van der Waals surface area contributed by atoms with Crippen LogP contribution in [0, 0.1) is 12.3 Å². The van der Waals surface area contributed by atoms with Crippen molar-refractivity contribution >= 4 is 48.0 Å². The molecule has 0 aromatic carbocycles. The zero-order valence-corrected chi connectivity index (χ0v) is 38.7. The molecule has 24 nitrogen and oxygen atoms in total. The number of halogens is 1. The molecule has 3 aromatic heterocycles. The zero-order chi connectivity index (χ0) is 46.4. The van der Waals surface area contributed by atoms with Crippen LogP contribution < -0.4 is 26.6 Å². The highest BCUT2D eigenvalue weighted by atomic mass is 35.5. The standard InChI is InChI=1S/C41H66N16O8.ClH/c1-3-23-63-25-27-65-28-26-64-24-14-44-39-45-40(54-19-15-52(16-20-54)37(61)34(9-5-7-13-43)56-29-33(49-50-56)10-11-35(59)60)47-41(46-39)55-21-17-53(18-22-55)38(62)36(31(2)58)57-30-32(48-51-57)8-4-6-12-42;/h1,29-31,34,36,58H,4-28,42-43H2,2H3,(H,59,60)(H,44,45,46,47);1H/t31-,34+,36+;/m1./s1. The lowest BCUT2D eigenvalue weighted by Gasteiger charge is -2.38. The average molecular weight is 948 g/mol. The van der Waals surface area contributed by atoms with E-state index in [1.165, 1.54) is 4.68 Å². The van der Waals surface area contributed by atoms with Crippen LogP contribution in [0.5, 0.6) is 0 Å². The molecule has 5 rings (SSSR count). The number of terminal acetylenes is 1. The van der Waals surface area contributed by atoms with E-state index in [2.05, 4.69) is 31.9 Å².